The van der Waals surface area contributed by atoms with Gasteiger partial charge in [-0.1, -0.05) is 84.3 Å². The maximum absolute atomic E-state index is 12.6. The Morgan fingerprint density at radius 1 is 0.925 bits per heavy atom. The van der Waals surface area contributed by atoms with Gasteiger partial charge in [-0.25, -0.2) is 4.57 Å². The van der Waals surface area contributed by atoms with E-state index in [1.54, 1.807) is 0 Å². The second-order valence-corrected chi connectivity index (χ2v) is 12.8. The topological polar surface area (TPSA) is 85.3 Å². The number of hydrogen-bond donors (Lipinski definition) is 1. The lowest BCUT2D eigenvalue weighted by molar-refractivity contribution is -0.120. The lowest BCUT2D eigenvalue weighted by atomic mass is 9.94. The molecule has 1 N–H and O–H groups in total. The molecule has 7 nitrogen and oxygen atoms in total. The van der Waals surface area contributed by atoms with Crippen LogP contribution in [0, 0.1) is 5.92 Å². The van der Waals surface area contributed by atoms with Crippen molar-refractivity contribution in [2.24, 2.45) is 5.92 Å². The highest BCUT2D eigenvalue weighted by Gasteiger charge is 2.28. The Bertz CT molecular complexity index is 816. The minimum atomic E-state index is -4.22. The third-order valence-electron chi connectivity index (χ3n) is 7.11. The number of phosphoric acid groups is 1. The summed E-state index contributed by atoms with van der Waals surface area (Å²) in [6, 6.07) is 8.12. The van der Waals surface area contributed by atoms with Crippen molar-refractivity contribution in [1.82, 2.24) is 4.90 Å². The number of hydrogen-bond acceptors (Lipinski definition) is 6. The van der Waals surface area contributed by atoms with Gasteiger partial charge < -0.3 is 14.5 Å². The summed E-state index contributed by atoms with van der Waals surface area (Å²) in [6.07, 6.45) is 14.9. The van der Waals surface area contributed by atoms with E-state index in [1.807, 2.05) is 45.0 Å². The SMILES string of the molecule is CCCCCCCCCCCOc1ccc(CCC(COP(=O)(O)OC(CC)CN(C)C)CC(=O)CCC)cc1. The van der Waals surface area contributed by atoms with Crippen LogP contribution in [0.25, 0.3) is 0 Å². The molecule has 232 valence electrons. The Morgan fingerprint density at radius 2 is 1.55 bits per heavy atom. The zero-order valence-electron chi connectivity index (χ0n) is 26.1. The van der Waals surface area contributed by atoms with Crippen molar-refractivity contribution in [1.29, 1.82) is 0 Å². The summed E-state index contributed by atoms with van der Waals surface area (Å²) < 4.78 is 29.3. The zero-order chi connectivity index (χ0) is 29.6. The summed E-state index contributed by atoms with van der Waals surface area (Å²) >= 11 is 0. The Labute approximate surface area is 245 Å². The molecule has 0 aliphatic rings. The second kappa shape index (κ2) is 22.4. The minimum Gasteiger partial charge on any atom is -0.494 e. The van der Waals surface area contributed by atoms with E-state index < -0.39 is 13.9 Å². The molecule has 3 atom stereocenters. The van der Waals surface area contributed by atoms with Crippen molar-refractivity contribution in [3.63, 3.8) is 0 Å². The normalized spacial score (nSPS) is 14.7. The number of nitrogens with zero attached hydrogens (tertiary/aromatic N) is 1. The number of unbranched alkanes of at least 4 members (excludes halogenated alkanes) is 8. The highest BCUT2D eigenvalue weighted by molar-refractivity contribution is 7.47. The predicted molar refractivity (Wildman–Crippen MR) is 165 cm³/mol. The summed E-state index contributed by atoms with van der Waals surface area (Å²) in [7, 11) is -0.437. The first-order valence-corrected chi connectivity index (χ1v) is 17.2. The Hall–Kier alpha value is -1.24. The van der Waals surface area contributed by atoms with Crippen LogP contribution in [0.1, 0.15) is 116 Å². The van der Waals surface area contributed by atoms with E-state index in [1.165, 1.54) is 51.4 Å². The molecule has 3 unspecified atom stereocenters. The molecule has 0 bridgehead atoms. The first kappa shape index (κ1) is 36.8. The molecule has 8 heteroatoms. The van der Waals surface area contributed by atoms with Crippen molar-refractivity contribution in [2.75, 3.05) is 33.9 Å². The number of likely N-dealkylation sites (N-methyl/N-ethyl adjacent to an activating group) is 1. The van der Waals surface area contributed by atoms with Gasteiger partial charge in [-0.05, 0) is 69.8 Å². The van der Waals surface area contributed by atoms with Crippen LogP contribution in [-0.2, 0) is 24.8 Å². The number of carbonyl (C=O) groups is 1. The second-order valence-electron chi connectivity index (χ2n) is 11.4. The van der Waals surface area contributed by atoms with Gasteiger partial charge in [0.15, 0.2) is 0 Å². The third-order valence-corrected chi connectivity index (χ3v) is 8.15. The molecule has 0 aliphatic heterocycles. The van der Waals surface area contributed by atoms with Gasteiger partial charge in [0.2, 0.25) is 0 Å². The van der Waals surface area contributed by atoms with Gasteiger partial charge in [0.1, 0.15) is 11.5 Å². The Morgan fingerprint density at radius 3 is 2.12 bits per heavy atom. The first-order valence-electron chi connectivity index (χ1n) is 15.7. The maximum Gasteiger partial charge on any atom is 0.472 e. The number of Topliss-reactive ketones (excluding diaryl/α,β-unsaturated/α-hetero) is 1. The van der Waals surface area contributed by atoms with Gasteiger partial charge in [-0.3, -0.25) is 13.8 Å². The van der Waals surface area contributed by atoms with Crippen LogP contribution in [0.2, 0.25) is 0 Å². The number of benzene rings is 1. The van der Waals surface area contributed by atoms with E-state index in [0.717, 1.165) is 37.2 Å². The number of aryl methyl sites for hydroxylation is 1. The summed E-state index contributed by atoms with van der Waals surface area (Å²) in [5, 5.41) is 0. The average Bonchev–Trinajstić information content (AvgIpc) is 2.91. The number of ether oxygens (including phenoxy) is 1. The monoisotopic (exact) mass is 583 g/mol. The summed E-state index contributed by atoms with van der Waals surface area (Å²) in [4.78, 5) is 24.6. The maximum atomic E-state index is 12.6. The van der Waals surface area contributed by atoms with E-state index in [4.69, 9.17) is 13.8 Å². The highest BCUT2D eigenvalue weighted by Crippen LogP contribution is 2.46. The molecule has 1 aromatic rings. The lowest BCUT2D eigenvalue weighted by Crippen LogP contribution is -2.27. The molecule has 0 saturated heterocycles. The van der Waals surface area contributed by atoms with Crippen LogP contribution in [0.15, 0.2) is 24.3 Å². The molecule has 1 rings (SSSR count). The largest absolute Gasteiger partial charge is 0.494 e. The molecule has 0 fully saturated rings. The molecule has 0 amide bonds. The zero-order valence-corrected chi connectivity index (χ0v) is 27.0. The first-order chi connectivity index (χ1) is 19.2. The van der Waals surface area contributed by atoms with Crippen molar-refractivity contribution in [3.8, 4) is 5.75 Å². The number of rotatable bonds is 26. The molecule has 0 spiro atoms. The Balaban J connectivity index is 2.47. The van der Waals surface area contributed by atoms with E-state index in [2.05, 4.69) is 19.1 Å². The highest BCUT2D eigenvalue weighted by atomic mass is 31.2. The average molecular weight is 584 g/mol. The van der Waals surface area contributed by atoms with Crippen LogP contribution < -0.4 is 4.74 Å². The molecule has 0 heterocycles. The van der Waals surface area contributed by atoms with E-state index in [9.17, 15) is 14.3 Å². The number of phosphoric ester groups is 1. The molecular formula is C32H58NO6P. The van der Waals surface area contributed by atoms with Crippen molar-refractivity contribution < 1.29 is 28.0 Å². The molecule has 0 aliphatic carbocycles. The van der Waals surface area contributed by atoms with Crippen molar-refractivity contribution >= 4 is 13.6 Å². The fourth-order valence-corrected chi connectivity index (χ4v) is 5.79. The minimum absolute atomic E-state index is 0.0154. The van der Waals surface area contributed by atoms with Crippen molar-refractivity contribution in [3.05, 3.63) is 29.8 Å². The lowest BCUT2D eigenvalue weighted by Gasteiger charge is -2.24. The molecule has 0 saturated carbocycles. The van der Waals surface area contributed by atoms with Gasteiger partial charge in [0, 0.05) is 19.4 Å². The van der Waals surface area contributed by atoms with Gasteiger partial charge in [-0.15, -0.1) is 0 Å². The van der Waals surface area contributed by atoms with Crippen LogP contribution >= 0.6 is 7.82 Å². The van der Waals surface area contributed by atoms with Crippen LogP contribution in [-0.4, -0.2) is 55.5 Å². The summed E-state index contributed by atoms with van der Waals surface area (Å²) in [5.74, 6) is 0.881. The third kappa shape index (κ3) is 19.0. The fourth-order valence-electron chi connectivity index (χ4n) is 4.74. The van der Waals surface area contributed by atoms with E-state index >= 15 is 0 Å². The Kier molecular flexibility index (Phi) is 20.6. The molecule has 40 heavy (non-hydrogen) atoms. The van der Waals surface area contributed by atoms with Gasteiger partial charge in [0.25, 0.3) is 0 Å². The standard InChI is InChI=1S/C32H58NO6P/c1-6-9-10-11-12-13-14-15-16-24-37-32-22-20-28(21-23-32)18-19-29(25-30(34)17-7-2)27-38-40(35,36)39-31(8-3)26-33(4)5/h20-23,29,31H,6-19,24-27H2,1-5H3,(H,35,36). The summed E-state index contributed by atoms with van der Waals surface area (Å²) in [5.41, 5.74) is 1.14. The van der Waals surface area contributed by atoms with Gasteiger partial charge >= 0.3 is 7.82 Å². The molecular weight excluding hydrogens is 525 g/mol. The van der Waals surface area contributed by atoms with Crippen molar-refractivity contribution in [2.45, 2.75) is 123 Å². The van der Waals surface area contributed by atoms with Crippen LogP contribution in [0.3, 0.4) is 0 Å². The molecule has 0 radical (unpaired) electrons. The van der Waals surface area contributed by atoms with Gasteiger partial charge in [-0.2, -0.15) is 0 Å². The molecule has 0 aromatic heterocycles. The predicted octanol–water partition coefficient (Wildman–Crippen LogP) is 8.38. The van der Waals surface area contributed by atoms with Crippen LogP contribution in [0.5, 0.6) is 5.75 Å². The fraction of sp³-hybridized carbons (Fsp3) is 0.781. The number of carbonyl (C=O) groups excluding carboxylic acids is 1. The van der Waals surface area contributed by atoms with E-state index in [0.29, 0.717) is 32.2 Å². The smallest absolute Gasteiger partial charge is 0.472 e. The quantitative estimate of drug-likeness (QED) is 0.0866. The van der Waals surface area contributed by atoms with Gasteiger partial charge in [0.05, 0.1) is 19.3 Å². The summed E-state index contributed by atoms with van der Waals surface area (Å²) in [6.45, 7) is 7.43. The van der Waals surface area contributed by atoms with E-state index in [-0.39, 0.29) is 18.3 Å². The van der Waals surface area contributed by atoms with Crippen LogP contribution in [0.4, 0.5) is 0 Å². The molecule has 1 aromatic carbocycles. The number of ketones is 1.